The van der Waals surface area contributed by atoms with Gasteiger partial charge in [0, 0.05) is 19.2 Å². The van der Waals surface area contributed by atoms with Gasteiger partial charge in [0.25, 0.3) is 5.69 Å². The average molecular weight is 234 g/mol. The standard InChI is InChI=1S/C12H14N2O3/c15-9-10-4-5-11(12(8-10)14(16)17)13-6-2-1-3-7-13/h1-2,4-5,8,15H,3,6-7,9H2. The summed E-state index contributed by atoms with van der Waals surface area (Å²) in [5, 5.41) is 20.0. The molecule has 0 aliphatic carbocycles. The summed E-state index contributed by atoms with van der Waals surface area (Å²) in [7, 11) is 0. The molecule has 0 bridgehead atoms. The summed E-state index contributed by atoms with van der Waals surface area (Å²) >= 11 is 0. The predicted molar refractivity (Wildman–Crippen MR) is 65.0 cm³/mol. The van der Waals surface area contributed by atoms with E-state index in [2.05, 4.69) is 6.08 Å². The minimum atomic E-state index is -0.396. The number of aliphatic hydroxyl groups excluding tert-OH is 1. The van der Waals surface area contributed by atoms with E-state index in [0.717, 1.165) is 13.0 Å². The van der Waals surface area contributed by atoms with Crippen molar-refractivity contribution in [3.05, 3.63) is 46.0 Å². The highest BCUT2D eigenvalue weighted by molar-refractivity contribution is 5.65. The van der Waals surface area contributed by atoms with Gasteiger partial charge in [-0.3, -0.25) is 10.1 Å². The van der Waals surface area contributed by atoms with Gasteiger partial charge in [0.2, 0.25) is 0 Å². The molecule has 0 amide bonds. The maximum atomic E-state index is 11.0. The van der Waals surface area contributed by atoms with Gasteiger partial charge in [-0.2, -0.15) is 0 Å². The van der Waals surface area contributed by atoms with Crippen molar-refractivity contribution in [1.29, 1.82) is 0 Å². The molecular weight excluding hydrogens is 220 g/mol. The highest BCUT2D eigenvalue weighted by Gasteiger charge is 2.19. The summed E-state index contributed by atoms with van der Waals surface area (Å²) in [5.74, 6) is 0. The van der Waals surface area contributed by atoms with Gasteiger partial charge < -0.3 is 10.0 Å². The molecule has 2 rings (SSSR count). The number of nitro groups is 1. The summed E-state index contributed by atoms with van der Waals surface area (Å²) in [5.41, 5.74) is 1.25. The lowest BCUT2D eigenvalue weighted by atomic mass is 10.1. The van der Waals surface area contributed by atoms with Crippen LogP contribution in [-0.4, -0.2) is 23.1 Å². The monoisotopic (exact) mass is 234 g/mol. The molecule has 17 heavy (non-hydrogen) atoms. The van der Waals surface area contributed by atoms with E-state index in [4.69, 9.17) is 5.11 Å². The fraction of sp³-hybridized carbons (Fsp3) is 0.333. The molecular formula is C12H14N2O3. The molecule has 1 heterocycles. The molecule has 1 aliphatic heterocycles. The number of nitro benzene ring substituents is 1. The van der Waals surface area contributed by atoms with Gasteiger partial charge in [-0.05, 0) is 18.1 Å². The molecule has 0 unspecified atom stereocenters. The van der Waals surface area contributed by atoms with Crippen molar-refractivity contribution in [3.8, 4) is 0 Å². The number of hydrogen-bond donors (Lipinski definition) is 1. The fourth-order valence-corrected chi connectivity index (χ4v) is 1.94. The second-order valence-corrected chi connectivity index (χ2v) is 3.94. The Hall–Kier alpha value is -1.88. The number of benzene rings is 1. The van der Waals surface area contributed by atoms with Gasteiger partial charge in [-0.25, -0.2) is 0 Å². The summed E-state index contributed by atoms with van der Waals surface area (Å²) in [4.78, 5) is 12.6. The Kier molecular flexibility index (Phi) is 3.39. The van der Waals surface area contributed by atoms with E-state index in [1.54, 1.807) is 12.1 Å². The van der Waals surface area contributed by atoms with Crippen LogP contribution in [-0.2, 0) is 6.61 Å². The smallest absolute Gasteiger partial charge is 0.292 e. The molecule has 0 radical (unpaired) electrons. The lowest BCUT2D eigenvalue weighted by Gasteiger charge is -2.25. The third-order valence-corrected chi connectivity index (χ3v) is 2.82. The molecule has 1 aromatic rings. The van der Waals surface area contributed by atoms with Crippen molar-refractivity contribution in [2.45, 2.75) is 13.0 Å². The SMILES string of the molecule is O=[N+]([O-])c1cc(CO)ccc1N1CC=CCC1. The Balaban J connectivity index is 2.38. The van der Waals surface area contributed by atoms with Crippen molar-refractivity contribution in [3.63, 3.8) is 0 Å². The molecule has 0 atom stereocenters. The van der Waals surface area contributed by atoms with Gasteiger partial charge in [0.05, 0.1) is 11.5 Å². The first-order valence-electron chi connectivity index (χ1n) is 5.50. The van der Waals surface area contributed by atoms with Crippen molar-refractivity contribution in [2.75, 3.05) is 18.0 Å². The number of anilines is 1. The highest BCUT2D eigenvalue weighted by atomic mass is 16.6. The van der Waals surface area contributed by atoms with E-state index in [-0.39, 0.29) is 12.3 Å². The Labute approximate surface area is 99.1 Å². The van der Waals surface area contributed by atoms with Gasteiger partial charge in [0.15, 0.2) is 0 Å². The van der Waals surface area contributed by atoms with E-state index in [1.807, 2.05) is 11.0 Å². The van der Waals surface area contributed by atoms with Crippen molar-refractivity contribution in [2.24, 2.45) is 0 Å². The van der Waals surface area contributed by atoms with Gasteiger partial charge in [0.1, 0.15) is 5.69 Å². The number of hydrogen-bond acceptors (Lipinski definition) is 4. The zero-order chi connectivity index (χ0) is 12.3. The van der Waals surface area contributed by atoms with Crippen LogP contribution in [0.5, 0.6) is 0 Å². The molecule has 1 aromatic carbocycles. The second kappa shape index (κ2) is 4.97. The molecule has 1 aliphatic rings. The van der Waals surface area contributed by atoms with Crippen LogP contribution in [0, 0.1) is 10.1 Å². The van der Waals surface area contributed by atoms with Crippen LogP contribution in [0.25, 0.3) is 0 Å². The zero-order valence-corrected chi connectivity index (χ0v) is 9.37. The third-order valence-electron chi connectivity index (χ3n) is 2.82. The minimum absolute atomic E-state index is 0.0619. The molecule has 90 valence electrons. The quantitative estimate of drug-likeness (QED) is 0.492. The van der Waals surface area contributed by atoms with E-state index < -0.39 is 4.92 Å². The maximum Gasteiger partial charge on any atom is 0.292 e. The van der Waals surface area contributed by atoms with Crippen LogP contribution in [0.15, 0.2) is 30.4 Å². The molecule has 1 N–H and O–H groups in total. The van der Waals surface area contributed by atoms with E-state index in [0.29, 0.717) is 17.8 Å². The molecule has 0 saturated heterocycles. The van der Waals surface area contributed by atoms with Gasteiger partial charge in [-0.1, -0.05) is 18.2 Å². The Morgan fingerprint density at radius 1 is 1.41 bits per heavy atom. The topological polar surface area (TPSA) is 66.6 Å². The normalized spacial score (nSPS) is 15.0. The second-order valence-electron chi connectivity index (χ2n) is 3.94. The molecule has 0 spiro atoms. The van der Waals surface area contributed by atoms with E-state index >= 15 is 0 Å². The summed E-state index contributed by atoms with van der Waals surface area (Å²) in [6.07, 6.45) is 4.98. The molecule has 0 saturated carbocycles. The highest BCUT2D eigenvalue weighted by Crippen LogP contribution is 2.30. The first-order valence-corrected chi connectivity index (χ1v) is 5.50. The number of nitrogens with zero attached hydrogens (tertiary/aromatic N) is 2. The van der Waals surface area contributed by atoms with E-state index in [1.165, 1.54) is 6.07 Å². The lowest BCUT2D eigenvalue weighted by Crippen LogP contribution is -2.27. The first-order chi connectivity index (χ1) is 8.22. The lowest BCUT2D eigenvalue weighted by molar-refractivity contribution is -0.384. The van der Waals surface area contributed by atoms with Gasteiger partial charge >= 0.3 is 0 Å². The van der Waals surface area contributed by atoms with Crippen LogP contribution in [0.3, 0.4) is 0 Å². The van der Waals surface area contributed by atoms with Crippen LogP contribution in [0.1, 0.15) is 12.0 Å². The number of rotatable bonds is 3. The van der Waals surface area contributed by atoms with Crippen molar-refractivity contribution < 1.29 is 10.0 Å². The molecule has 5 heteroatoms. The first kappa shape index (κ1) is 11.6. The zero-order valence-electron chi connectivity index (χ0n) is 9.37. The summed E-state index contributed by atoms with van der Waals surface area (Å²) in [6.45, 7) is 1.30. The third kappa shape index (κ3) is 2.45. The summed E-state index contributed by atoms with van der Waals surface area (Å²) in [6, 6.07) is 4.87. The molecule has 5 nitrogen and oxygen atoms in total. The van der Waals surface area contributed by atoms with Crippen LogP contribution in [0.4, 0.5) is 11.4 Å². The van der Waals surface area contributed by atoms with Crippen LogP contribution < -0.4 is 4.90 Å². The Morgan fingerprint density at radius 2 is 2.24 bits per heavy atom. The number of aliphatic hydroxyl groups is 1. The van der Waals surface area contributed by atoms with Crippen molar-refractivity contribution in [1.82, 2.24) is 0 Å². The van der Waals surface area contributed by atoms with E-state index in [9.17, 15) is 10.1 Å². The molecule has 0 aromatic heterocycles. The minimum Gasteiger partial charge on any atom is -0.392 e. The van der Waals surface area contributed by atoms with Crippen LogP contribution >= 0.6 is 0 Å². The van der Waals surface area contributed by atoms with Gasteiger partial charge in [-0.15, -0.1) is 0 Å². The summed E-state index contributed by atoms with van der Waals surface area (Å²) < 4.78 is 0. The molecule has 0 fully saturated rings. The maximum absolute atomic E-state index is 11.0. The Bertz CT molecular complexity index is 457. The average Bonchev–Trinajstić information content (AvgIpc) is 2.39. The fourth-order valence-electron chi connectivity index (χ4n) is 1.94. The van der Waals surface area contributed by atoms with Crippen molar-refractivity contribution >= 4 is 11.4 Å². The predicted octanol–water partition coefficient (Wildman–Crippen LogP) is 1.85. The largest absolute Gasteiger partial charge is 0.392 e. The Morgan fingerprint density at radius 3 is 2.82 bits per heavy atom. The van der Waals surface area contributed by atoms with Crippen LogP contribution in [0.2, 0.25) is 0 Å².